The molecule has 13 heavy (non-hydrogen) atoms. The van der Waals surface area contributed by atoms with Gasteiger partial charge in [0.1, 0.15) is 5.75 Å². The molecule has 1 aromatic rings. The molecule has 2 nitrogen and oxygen atoms in total. The quantitative estimate of drug-likeness (QED) is 0.596. The van der Waals surface area contributed by atoms with E-state index in [0.29, 0.717) is 5.75 Å². The van der Waals surface area contributed by atoms with Crippen LogP contribution >= 0.6 is 0 Å². The molecule has 0 aliphatic carbocycles. The zero-order chi connectivity index (χ0) is 9.26. The highest BCUT2D eigenvalue weighted by molar-refractivity contribution is 5.54. The van der Waals surface area contributed by atoms with E-state index in [1.54, 1.807) is 6.07 Å². The highest BCUT2D eigenvalue weighted by Gasteiger charge is 2.11. The van der Waals surface area contributed by atoms with Gasteiger partial charge in [-0.05, 0) is 42.5 Å². The molecule has 2 heteroatoms. The Labute approximate surface area is 78.6 Å². The van der Waals surface area contributed by atoms with Crippen molar-refractivity contribution in [1.29, 1.82) is 0 Å². The van der Waals surface area contributed by atoms with Gasteiger partial charge >= 0.3 is 0 Å². The standard InChI is InChI=1S/C11H15NO/c1-8-2-3-9-6-10(13)4-5-11(9)12-7-8/h4-6,8,12-13H,2-3,7H2,1H3. The summed E-state index contributed by atoms with van der Waals surface area (Å²) in [7, 11) is 0. The van der Waals surface area contributed by atoms with Gasteiger partial charge in [-0.15, -0.1) is 0 Å². The van der Waals surface area contributed by atoms with Crippen molar-refractivity contribution in [3.63, 3.8) is 0 Å². The summed E-state index contributed by atoms with van der Waals surface area (Å²) < 4.78 is 0. The van der Waals surface area contributed by atoms with Crippen LogP contribution in [0.3, 0.4) is 0 Å². The summed E-state index contributed by atoms with van der Waals surface area (Å²) in [5.74, 6) is 1.09. The fraction of sp³-hybridized carbons (Fsp3) is 0.455. The number of nitrogens with one attached hydrogen (secondary N) is 1. The molecule has 1 aromatic carbocycles. The molecule has 0 aromatic heterocycles. The number of phenols is 1. The van der Waals surface area contributed by atoms with Gasteiger partial charge in [0.2, 0.25) is 0 Å². The van der Waals surface area contributed by atoms with Gasteiger partial charge in [-0.25, -0.2) is 0 Å². The summed E-state index contributed by atoms with van der Waals surface area (Å²) in [6.07, 6.45) is 2.27. The second-order valence-corrected chi connectivity index (χ2v) is 3.87. The normalized spacial score (nSPS) is 21.5. The summed E-state index contributed by atoms with van der Waals surface area (Å²) in [6, 6.07) is 5.56. The molecule has 0 amide bonds. The SMILES string of the molecule is CC1CCc2cc(O)ccc2NC1. The van der Waals surface area contributed by atoms with E-state index in [4.69, 9.17) is 0 Å². The number of aryl methyl sites for hydroxylation is 1. The van der Waals surface area contributed by atoms with Gasteiger partial charge in [0.05, 0.1) is 0 Å². The highest BCUT2D eigenvalue weighted by atomic mass is 16.3. The van der Waals surface area contributed by atoms with Crippen molar-refractivity contribution >= 4 is 5.69 Å². The average molecular weight is 177 g/mol. The smallest absolute Gasteiger partial charge is 0.116 e. The van der Waals surface area contributed by atoms with Gasteiger partial charge in [0.25, 0.3) is 0 Å². The lowest BCUT2D eigenvalue weighted by molar-refractivity contribution is 0.474. The van der Waals surface area contributed by atoms with Gasteiger partial charge < -0.3 is 10.4 Å². The Morgan fingerprint density at radius 3 is 3.15 bits per heavy atom. The third kappa shape index (κ3) is 1.77. The first-order valence-electron chi connectivity index (χ1n) is 4.81. The summed E-state index contributed by atoms with van der Waals surface area (Å²) in [6.45, 7) is 3.29. The number of aromatic hydroxyl groups is 1. The topological polar surface area (TPSA) is 32.3 Å². The molecule has 70 valence electrons. The fourth-order valence-electron chi connectivity index (χ4n) is 1.75. The molecule has 1 aliphatic heterocycles. The van der Waals surface area contributed by atoms with Crippen molar-refractivity contribution in [3.8, 4) is 5.75 Å². The van der Waals surface area contributed by atoms with Gasteiger partial charge in [0.15, 0.2) is 0 Å². The summed E-state index contributed by atoms with van der Waals surface area (Å²) >= 11 is 0. The second kappa shape index (κ2) is 3.29. The summed E-state index contributed by atoms with van der Waals surface area (Å²) in [5.41, 5.74) is 2.42. The third-order valence-corrected chi connectivity index (χ3v) is 2.64. The molecule has 1 unspecified atom stereocenters. The maximum absolute atomic E-state index is 9.32. The molecule has 0 saturated heterocycles. The minimum atomic E-state index is 0.370. The van der Waals surface area contributed by atoms with Crippen LogP contribution in [0.2, 0.25) is 0 Å². The lowest BCUT2D eigenvalue weighted by atomic mass is 10.0. The first-order valence-corrected chi connectivity index (χ1v) is 4.81. The van der Waals surface area contributed by atoms with E-state index < -0.39 is 0 Å². The number of anilines is 1. The van der Waals surface area contributed by atoms with E-state index in [9.17, 15) is 5.11 Å². The Morgan fingerprint density at radius 2 is 2.31 bits per heavy atom. The molecule has 1 heterocycles. The van der Waals surface area contributed by atoms with E-state index in [1.807, 2.05) is 12.1 Å². The molecular formula is C11H15NO. The van der Waals surface area contributed by atoms with E-state index in [2.05, 4.69) is 12.2 Å². The van der Waals surface area contributed by atoms with Crippen molar-refractivity contribution < 1.29 is 5.11 Å². The Morgan fingerprint density at radius 1 is 1.46 bits per heavy atom. The van der Waals surface area contributed by atoms with E-state index in [0.717, 1.165) is 18.9 Å². The number of rotatable bonds is 0. The van der Waals surface area contributed by atoms with Gasteiger partial charge in [-0.2, -0.15) is 0 Å². The first-order chi connectivity index (χ1) is 6.25. The molecule has 0 radical (unpaired) electrons. The minimum absolute atomic E-state index is 0.370. The molecule has 0 fully saturated rings. The first kappa shape index (κ1) is 8.42. The number of phenolic OH excluding ortho intramolecular Hbond substituents is 1. The maximum atomic E-state index is 9.32. The van der Waals surface area contributed by atoms with Crippen LogP contribution in [0, 0.1) is 5.92 Å². The van der Waals surface area contributed by atoms with Crippen LogP contribution in [0.1, 0.15) is 18.9 Å². The Hall–Kier alpha value is -1.18. The predicted molar refractivity (Wildman–Crippen MR) is 54.1 cm³/mol. The van der Waals surface area contributed by atoms with Gasteiger partial charge in [0, 0.05) is 12.2 Å². The number of fused-ring (bicyclic) bond motifs is 1. The van der Waals surface area contributed by atoms with E-state index in [1.165, 1.54) is 17.7 Å². The lowest BCUT2D eigenvalue weighted by Gasteiger charge is -2.08. The monoisotopic (exact) mass is 177 g/mol. The van der Waals surface area contributed by atoms with Crippen LogP contribution < -0.4 is 5.32 Å². The van der Waals surface area contributed by atoms with Crippen LogP contribution in [-0.4, -0.2) is 11.7 Å². The maximum Gasteiger partial charge on any atom is 0.116 e. The minimum Gasteiger partial charge on any atom is -0.508 e. The zero-order valence-electron chi connectivity index (χ0n) is 7.88. The largest absolute Gasteiger partial charge is 0.508 e. The fourth-order valence-corrected chi connectivity index (χ4v) is 1.75. The number of hydrogen-bond acceptors (Lipinski definition) is 2. The zero-order valence-corrected chi connectivity index (χ0v) is 7.88. The van der Waals surface area contributed by atoms with Crippen LogP contribution in [0.15, 0.2) is 18.2 Å². The Balaban J connectivity index is 2.30. The van der Waals surface area contributed by atoms with Crippen molar-refractivity contribution in [3.05, 3.63) is 23.8 Å². The molecule has 1 atom stereocenters. The second-order valence-electron chi connectivity index (χ2n) is 3.87. The number of benzene rings is 1. The van der Waals surface area contributed by atoms with Crippen LogP contribution in [0.4, 0.5) is 5.69 Å². The van der Waals surface area contributed by atoms with Crippen molar-refractivity contribution in [2.45, 2.75) is 19.8 Å². The van der Waals surface area contributed by atoms with Gasteiger partial charge in [-0.3, -0.25) is 0 Å². The molecule has 0 spiro atoms. The lowest BCUT2D eigenvalue weighted by Crippen LogP contribution is -2.08. The van der Waals surface area contributed by atoms with Gasteiger partial charge in [-0.1, -0.05) is 6.92 Å². The van der Waals surface area contributed by atoms with Crippen molar-refractivity contribution in [1.82, 2.24) is 0 Å². The van der Waals surface area contributed by atoms with Crippen LogP contribution in [0.5, 0.6) is 5.75 Å². The predicted octanol–water partition coefficient (Wildman–Crippen LogP) is 2.39. The molecular weight excluding hydrogens is 162 g/mol. The summed E-state index contributed by atoms with van der Waals surface area (Å²) in [4.78, 5) is 0. The van der Waals surface area contributed by atoms with Crippen LogP contribution in [0.25, 0.3) is 0 Å². The van der Waals surface area contributed by atoms with E-state index >= 15 is 0 Å². The van der Waals surface area contributed by atoms with Crippen molar-refractivity contribution in [2.75, 3.05) is 11.9 Å². The summed E-state index contributed by atoms with van der Waals surface area (Å²) in [5, 5.41) is 12.7. The Kier molecular flexibility index (Phi) is 2.13. The molecule has 2 N–H and O–H groups in total. The molecule has 1 aliphatic rings. The highest BCUT2D eigenvalue weighted by Crippen LogP contribution is 2.26. The molecule has 0 bridgehead atoms. The van der Waals surface area contributed by atoms with Crippen molar-refractivity contribution in [2.24, 2.45) is 5.92 Å². The molecule has 0 saturated carbocycles. The van der Waals surface area contributed by atoms with Crippen LogP contribution in [-0.2, 0) is 6.42 Å². The molecule has 2 rings (SSSR count). The Bertz CT molecular complexity index is 309. The van der Waals surface area contributed by atoms with E-state index in [-0.39, 0.29) is 0 Å². The number of hydrogen-bond donors (Lipinski definition) is 2. The average Bonchev–Trinajstić information content (AvgIpc) is 2.29. The third-order valence-electron chi connectivity index (χ3n) is 2.64.